The molecule has 2 aromatic carbocycles. The summed E-state index contributed by atoms with van der Waals surface area (Å²) in [5.74, 6) is 0.608. The zero-order valence-corrected chi connectivity index (χ0v) is 25.9. The van der Waals surface area contributed by atoms with Crippen LogP contribution in [0.2, 0.25) is 0 Å². The molecule has 12 heteroatoms. The number of alkyl halides is 2. The highest BCUT2D eigenvalue weighted by Gasteiger charge is 2.53. The number of benzene rings is 2. The summed E-state index contributed by atoms with van der Waals surface area (Å²) < 4.78 is -0.393. The highest BCUT2D eigenvalue weighted by molar-refractivity contribution is 6.18. The number of likely N-dealkylation sites (N-methyl/N-ethyl adjacent to an activating group) is 2. The Bertz CT molecular complexity index is 1240. The Labute approximate surface area is 257 Å². The number of rotatable bonds is 10. The van der Waals surface area contributed by atoms with E-state index in [2.05, 4.69) is 9.98 Å². The number of nitrogens with zero attached hydrogens (tertiary/aromatic N) is 6. The van der Waals surface area contributed by atoms with Crippen molar-refractivity contribution in [2.75, 3.05) is 62.8 Å². The lowest BCUT2D eigenvalue weighted by Crippen LogP contribution is -2.50. The van der Waals surface area contributed by atoms with Crippen LogP contribution < -0.4 is 9.80 Å². The Morgan fingerprint density at radius 2 is 1.12 bits per heavy atom. The molecule has 4 atom stereocenters. The molecule has 0 amide bonds. The molecule has 0 N–H and O–H groups in total. The molecule has 0 radical (unpaired) electrons. The first-order valence-corrected chi connectivity index (χ1v) is 14.9. The van der Waals surface area contributed by atoms with E-state index in [1.54, 1.807) is 28.2 Å². The van der Waals surface area contributed by atoms with Crippen LogP contribution in [0, 0.1) is 0 Å². The zero-order valence-electron chi connectivity index (χ0n) is 24.4. The van der Waals surface area contributed by atoms with E-state index in [0.29, 0.717) is 49.6 Å². The minimum atomic E-state index is -0.700. The first-order chi connectivity index (χ1) is 20.2. The number of carbonyl (C=O) groups is 2. The quantitative estimate of drug-likeness (QED) is 0.224. The average molecular weight is 618 g/mol. The van der Waals surface area contributed by atoms with E-state index in [0.717, 1.165) is 23.5 Å². The summed E-state index contributed by atoms with van der Waals surface area (Å²) in [5.41, 5.74) is 1.86. The second-order valence-electron chi connectivity index (χ2n) is 10.4. The van der Waals surface area contributed by atoms with Gasteiger partial charge in [0.15, 0.2) is 0 Å². The summed E-state index contributed by atoms with van der Waals surface area (Å²) in [5, 5.41) is 0. The predicted molar refractivity (Wildman–Crippen MR) is 166 cm³/mol. The molecule has 4 rings (SSSR count). The van der Waals surface area contributed by atoms with Crippen LogP contribution in [0.4, 0.5) is 11.4 Å². The smallest absolute Gasteiger partial charge is 0.269 e. The number of aliphatic imine (C=N–C) groups is 2. The molecule has 0 saturated carbocycles. The van der Waals surface area contributed by atoms with Crippen LogP contribution in [0.5, 0.6) is 0 Å². The number of halogens is 2. The Hall–Kier alpha value is -3.44. The van der Waals surface area contributed by atoms with Gasteiger partial charge in [0, 0.05) is 49.4 Å². The second-order valence-corrected chi connectivity index (χ2v) is 11.2. The minimum Gasteiger partial charge on any atom is -0.269 e. The molecule has 2 heterocycles. The minimum absolute atomic E-state index is 0.0322. The van der Waals surface area contributed by atoms with Gasteiger partial charge in [-0.25, -0.2) is 19.6 Å². The van der Waals surface area contributed by atoms with Gasteiger partial charge >= 0.3 is 23.9 Å². The first kappa shape index (κ1) is 31.5. The maximum absolute atomic E-state index is 13.0. The molecule has 0 spiro atoms. The SMILES string of the molecule is CN=C1N(c2ccccc2)C(CCCl)C[N+]1(C)OC(=O)/C=C/C(=O)O[N+]1(C)CC(CCCl)N(c2ccccc2)C1=NC. The number of para-hydroxylation sites is 2. The maximum Gasteiger partial charge on any atom is 0.391 e. The molecule has 10 nitrogen and oxygen atoms in total. The van der Waals surface area contributed by atoms with Crippen LogP contribution in [-0.4, -0.2) is 98.3 Å². The largest absolute Gasteiger partial charge is 0.391 e. The number of anilines is 2. The number of guanidine groups is 2. The number of quaternary nitrogens is 2. The van der Waals surface area contributed by atoms with Crippen molar-refractivity contribution in [2.24, 2.45) is 9.98 Å². The molecule has 2 saturated heterocycles. The predicted octanol–water partition coefficient (Wildman–Crippen LogP) is 4.36. The molecule has 2 aliphatic heterocycles. The highest BCUT2D eigenvalue weighted by atomic mass is 35.5. The van der Waals surface area contributed by atoms with Gasteiger partial charge in [-0.15, -0.1) is 23.2 Å². The van der Waals surface area contributed by atoms with Gasteiger partial charge in [-0.3, -0.25) is 19.5 Å². The summed E-state index contributed by atoms with van der Waals surface area (Å²) in [4.78, 5) is 50.8. The zero-order chi connectivity index (χ0) is 30.3. The monoisotopic (exact) mass is 616 g/mol. The van der Waals surface area contributed by atoms with Crippen LogP contribution in [0.1, 0.15) is 12.8 Å². The van der Waals surface area contributed by atoms with Crippen molar-refractivity contribution in [1.29, 1.82) is 0 Å². The third kappa shape index (κ3) is 6.62. The molecule has 0 bridgehead atoms. The Balaban J connectivity index is 1.48. The Morgan fingerprint density at radius 1 is 0.762 bits per heavy atom. The molecule has 0 aromatic heterocycles. The van der Waals surface area contributed by atoms with Crippen molar-refractivity contribution >= 4 is 58.4 Å². The van der Waals surface area contributed by atoms with Crippen molar-refractivity contribution in [3.63, 3.8) is 0 Å². The van der Waals surface area contributed by atoms with Crippen LogP contribution >= 0.6 is 23.2 Å². The van der Waals surface area contributed by atoms with Gasteiger partial charge in [0.1, 0.15) is 27.2 Å². The van der Waals surface area contributed by atoms with Crippen LogP contribution in [-0.2, 0) is 19.3 Å². The number of hydrogen-bond donors (Lipinski definition) is 0. The molecule has 2 aliphatic rings. The van der Waals surface area contributed by atoms with Crippen molar-refractivity contribution in [2.45, 2.75) is 24.9 Å². The Morgan fingerprint density at radius 3 is 1.43 bits per heavy atom. The fraction of sp³-hybridized carbons (Fsp3) is 0.400. The van der Waals surface area contributed by atoms with Crippen LogP contribution in [0.15, 0.2) is 82.8 Å². The summed E-state index contributed by atoms with van der Waals surface area (Å²) in [6.45, 7) is 0.891. The average Bonchev–Trinajstić information content (AvgIpc) is 3.41. The van der Waals surface area contributed by atoms with E-state index < -0.39 is 11.9 Å². The fourth-order valence-electron chi connectivity index (χ4n) is 5.82. The number of hydrogen-bond acceptors (Lipinski definition) is 6. The molecule has 2 aromatic rings. The summed E-state index contributed by atoms with van der Waals surface area (Å²) in [6, 6.07) is 19.5. The first-order valence-electron chi connectivity index (χ1n) is 13.8. The third-order valence-corrected chi connectivity index (χ3v) is 7.85. The maximum atomic E-state index is 13.0. The van der Waals surface area contributed by atoms with Crippen molar-refractivity contribution in [1.82, 2.24) is 0 Å². The molecule has 42 heavy (non-hydrogen) atoms. The van der Waals surface area contributed by atoms with E-state index >= 15 is 0 Å². The van der Waals surface area contributed by atoms with Crippen LogP contribution in [0.3, 0.4) is 0 Å². The van der Waals surface area contributed by atoms with E-state index in [1.807, 2.05) is 70.5 Å². The van der Waals surface area contributed by atoms with E-state index in [-0.39, 0.29) is 21.4 Å². The summed E-state index contributed by atoms with van der Waals surface area (Å²) in [6.07, 6.45) is 3.51. The van der Waals surface area contributed by atoms with Gasteiger partial charge in [-0.05, 0) is 37.1 Å². The normalized spacial score (nSPS) is 27.8. The topological polar surface area (TPSA) is 83.8 Å². The number of carbonyl (C=O) groups excluding carboxylic acids is 2. The van der Waals surface area contributed by atoms with Gasteiger partial charge < -0.3 is 0 Å². The molecule has 224 valence electrons. The standard InChI is InChI=1S/C30H38Cl2N6O4/c1-33-29-35(23-11-7-5-8-12-23)25(17-19-31)21-37(29,3)41-27(39)15-16-28(40)42-38(4)22-26(18-20-32)36(30(38)34-2)24-13-9-6-10-14-24/h5-16,25-26H,17-22H2,1-4H3/q+2/b16-15+,33-29?,34-30?. The number of hydroxylamine groups is 6. The fourth-order valence-corrected chi connectivity index (χ4v) is 6.33. The summed E-state index contributed by atoms with van der Waals surface area (Å²) >= 11 is 12.2. The Kier molecular flexibility index (Phi) is 10.3. The van der Waals surface area contributed by atoms with Crippen molar-refractivity contribution < 1.29 is 28.6 Å². The van der Waals surface area contributed by atoms with E-state index in [1.165, 1.54) is 0 Å². The molecule has 2 fully saturated rings. The van der Waals surface area contributed by atoms with E-state index in [9.17, 15) is 9.59 Å². The van der Waals surface area contributed by atoms with Gasteiger partial charge in [0.2, 0.25) is 0 Å². The van der Waals surface area contributed by atoms with E-state index in [4.69, 9.17) is 32.9 Å². The summed E-state index contributed by atoms with van der Waals surface area (Å²) in [7, 11) is 6.86. The van der Waals surface area contributed by atoms with Crippen molar-refractivity contribution in [3.05, 3.63) is 72.8 Å². The van der Waals surface area contributed by atoms with Crippen LogP contribution in [0.25, 0.3) is 0 Å². The van der Waals surface area contributed by atoms with Gasteiger partial charge in [-0.2, -0.15) is 0 Å². The lowest BCUT2D eigenvalue weighted by Gasteiger charge is -2.26. The lowest BCUT2D eigenvalue weighted by atomic mass is 10.2. The van der Waals surface area contributed by atoms with Gasteiger partial charge in [0.25, 0.3) is 0 Å². The van der Waals surface area contributed by atoms with Gasteiger partial charge in [0.05, 0.1) is 12.1 Å². The molecular weight excluding hydrogens is 579 g/mol. The lowest BCUT2D eigenvalue weighted by molar-refractivity contribution is -0.997. The molecular formula is C30H38Cl2N6O4+2. The molecule has 0 aliphatic carbocycles. The third-order valence-electron chi connectivity index (χ3n) is 7.42. The second kappa shape index (κ2) is 13.7. The highest BCUT2D eigenvalue weighted by Crippen LogP contribution is 2.33. The molecule has 4 unspecified atom stereocenters. The van der Waals surface area contributed by atoms with Gasteiger partial charge in [-0.1, -0.05) is 45.7 Å². The van der Waals surface area contributed by atoms with Crippen molar-refractivity contribution in [3.8, 4) is 0 Å².